The largest absolute Gasteiger partial charge is 0.375 e. The molecule has 2 aliphatic heterocycles. The number of ether oxygens (including phenoxy) is 1. The molecule has 1 atom stereocenters. The van der Waals surface area contributed by atoms with Gasteiger partial charge in [-0.05, 0) is 32.4 Å². The van der Waals surface area contributed by atoms with Gasteiger partial charge in [0.05, 0.1) is 12.6 Å². The van der Waals surface area contributed by atoms with E-state index in [1.54, 1.807) is 6.20 Å². The molecule has 1 N–H and O–H groups in total. The maximum absolute atomic E-state index is 12.5. The number of nitrogens with zero attached hydrogens (tertiary/aromatic N) is 4. The SMILES string of the molecule is Cn1ccnc1CNC(=O)N1CCCO[C@H](CN2CCCCC2)C1. The first kappa shape index (κ1) is 17.2. The minimum atomic E-state index is -0.0212. The number of hydrogen-bond donors (Lipinski definition) is 1. The van der Waals surface area contributed by atoms with Gasteiger partial charge in [0.25, 0.3) is 0 Å². The van der Waals surface area contributed by atoms with Crippen molar-refractivity contribution in [3.05, 3.63) is 18.2 Å². The molecular weight excluding hydrogens is 306 g/mol. The van der Waals surface area contributed by atoms with Crippen LogP contribution < -0.4 is 5.32 Å². The number of carbonyl (C=O) groups excluding carboxylic acids is 1. The molecule has 0 saturated carbocycles. The quantitative estimate of drug-likeness (QED) is 0.898. The Hall–Kier alpha value is -1.60. The summed E-state index contributed by atoms with van der Waals surface area (Å²) < 4.78 is 7.90. The maximum Gasteiger partial charge on any atom is 0.317 e. The lowest BCUT2D eigenvalue weighted by Gasteiger charge is -2.31. The maximum atomic E-state index is 12.5. The fraction of sp³-hybridized carbons (Fsp3) is 0.765. The highest BCUT2D eigenvalue weighted by Gasteiger charge is 2.25. The molecule has 0 aliphatic carbocycles. The van der Waals surface area contributed by atoms with Crippen LogP contribution >= 0.6 is 0 Å². The lowest BCUT2D eigenvalue weighted by molar-refractivity contribution is 0.0256. The highest BCUT2D eigenvalue weighted by atomic mass is 16.5. The number of piperidine rings is 1. The molecule has 1 aromatic rings. The summed E-state index contributed by atoms with van der Waals surface area (Å²) in [6.07, 6.45) is 8.53. The molecule has 1 aromatic heterocycles. The molecule has 134 valence electrons. The van der Waals surface area contributed by atoms with Gasteiger partial charge in [-0.15, -0.1) is 0 Å². The van der Waals surface area contributed by atoms with Gasteiger partial charge in [0.1, 0.15) is 5.82 Å². The van der Waals surface area contributed by atoms with E-state index in [-0.39, 0.29) is 12.1 Å². The Balaban J connectivity index is 1.49. The van der Waals surface area contributed by atoms with Crippen molar-refractivity contribution in [1.29, 1.82) is 0 Å². The van der Waals surface area contributed by atoms with Crippen LogP contribution in [0, 0.1) is 0 Å². The Bertz CT molecular complexity index is 527. The van der Waals surface area contributed by atoms with Gasteiger partial charge >= 0.3 is 6.03 Å². The number of aryl methyl sites for hydroxylation is 1. The van der Waals surface area contributed by atoms with E-state index in [0.29, 0.717) is 13.1 Å². The third-order valence-electron chi connectivity index (χ3n) is 4.87. The summed E-state index contributed by atoms with van der Waals surface area (Å²) in [5, 5.41) is 2.98. The average Bonchev–Trinajstić information content (AvgIpc) is 2.86. The molecule has 24 heavy (non-hydrogen) atoms. The van der Waals surface area contributed by atoms with Crippen molar-refractivity contribution in [3.63, 3.8) is 0 Å². The van der Waals surface area contributed by atoms with Crippen LogP contribution in [0.25, 0.3) is 0 Å². The minimum Gasteiger partial charge on any atom is -0.375 e. The lowest BCUT2D eigenvalue weighted by Crippen LogP contribution is -2.46. The number of carbonyl (C=O) groups is 1. The number of amides is 2. The number of hydrogen-bond acceptors (Lipinski definition) is 4. The van der Waals surface area contributed by atoms with Crippen molar-refractivity contribution in [2.45, 2.75) is 38.3 Å². The normalized spacial score (nSPS) is 23.0. The minimum absolute atomic E-state index is 0.0212. The van der Waals surface area contributed by atoms with Crippen LogP contribution in [0.5, 0.6) is 0 Å². The molecule has 0 bridgehead atoms. The highest BCUT2D eigenvalue weighted by Crippen LogP contribution is 2.13. The summed E-state index contributed by atoms with van der Waals surface area (Å²) in [5.41, 5.74) is 0. The fourth-order valence-electron chi connectivity index (χ4n) is 3.45. The number of likely N-dealkylation sites (tertiary alicyclic amines) is 1. The van der Waals surface area contributed by atoms with Gasteiger partial charge in [0.2, 0.25) is 0 Å². The standard InChI is InChI=1S/C17H29N5O2/c1-20-10-6-18-16(20)12-19-17(23)22-9-5-11-24-15(14-22)13-21-7-3-2-4-8-21/h6,10,15H,2-5,7-9,11-14H2,1H3,(H,19,23)/t15-/m1/s1. The number of rotatable bonds is 4. The van der Waals surface area contributed by atoms with Gasteiger partial charge in [-0.25, -0.2) is 9.78 Å². The molecule has 2 saturated heterocycles. The Morgan fingerprint density at radius 2 is 2.12 bits per heavy atom. The van der Waals surface area contributed by atoms with Crippen LogP contribution in [0.3, 0.4) is 0 Å². The number of imidazole rings is 1. The zero-order valence-electron chi connectivity index (χ0n) is 14.6. The van der Waals surface area contributed by atoms with E-state index in [9.17, 15) is 4.79 Å². The molecule has 2 aliphatic rings. The molecule has 7 heteroatoms. The van der Waals surface area contributed by atoms with Gasteiger partial charge in [0.15, 0.2) is 0 Å². The van der Waals surface area contributed by atoms with E-state index in [1.807, 2.05) is 22.7 Å². The molecule has 0 aromatic carbocycles. The zero-order chi connectivity index (χ0) is 16.8. The molecular formula is C17H29N5O2. The average molecular weight is 335 g/mol. The van der Waals surface area contributed by atoms with E-state index < -0.39 is 0 Å². The summed E-state index contributed by atoms with van der Waals surface area (Å²) in [5.74, 6) is 0.860. The summed E-state index contributed by atoms with van der Waals surface area (Å²) >= 11 is 0. The monoisotopic (exact) mass is 335 g/mol. The first-order valence-corrected chi connectivity index (χ1v) is 9.05. The number of urea groups is 1. The topological polar surface area (TPSA) is 62.6 Å². The second kappa shape index (κ2) is 8.48. The first-order chi connectivity index (χ1) is 11.7. The molecule has 0 radical (unpaired) electrons. The van der Waals surface area contributed by atoms with Gasteiger partial charge in [-0.2, -0.15) is 0 Å². The fourth-order valence-corrected chi connectivity index (χ4v) is 3.45. The smallest absolute Gasteiger partial charge is 0.317 e. The van der Waals surface area contributed by atoms with Crippen LogP contribution in [0.1, 0.15) is 31.5 Å². The van der Waals surface area contributed by atoms with Gasteiger partial charge in [0, 0.05) is 45.7 Å². The van der Waals surface area contributed by atoms with Crippen LogP contribution in [0.15, 0.2) is 12.4 Å². The molecule has 2 fully saturated rings. The van der Waals surface area contributed by atoms with E-state index in [0.717, 1.165) is 45.0 Å². The number of aromatic nitrogens is 2. The highest BCUT2D eigenvalue weighted by molar-refractivity contribution is 5.74. The first-order valence-electron chi connectivity index (χ1n) is 9.05. The van der Waals surface area contributed by atoms with Crippen LogP contribution in [-0.4, -0.2) is 70.8 Å². The summed E-state index contributed by atoms with van der Waals surface area (Å²) in [7, 11) is 1.93. The second-order valence-corrected chi connectivity index (χ2v) is 6.77. The third-order valence-corrected chi connectivity index (χ3v) is 4.87. The van der Waals surface area contributed by atoms with Crippen molar-refractivity contribution in [2.24, 2.45) is 7.05 Å². The molecule has 7 nitrogen and oxygen atoms in total. The van der Waals surface area contributed by atoms with Crippen molar-refractivity contribution < 1.29 is 9.53 Å². The van der Waals surface area contributed by atoms with Crippen LogP contribution in [0.4, 0.5) is 4.79 Å². The Morgan fingerprint density at radius 3 is 2.88 bits per heavy atom. The van der Waals surface area contributed by atoms with E-state index >= 15 is 0 Å². The summed E-state index contributed by atoms with van der Waals surface area (Å²) in [6.45, 7) is 5.86. The van der Waals surface area contributed by atoms with Crippen molar-refractivity contribution >= 4 is 6.03 Å². The van der Waals surface area contributed by atoms with E-state index in [4.69, 9.17) is 4.74 Å². The van der Waals surface area contributed by atoms with Crippen molar-refractivity contribution in [1.82, 2.24) is 24.7 Å². The summed E-state index contributed by atoms with van der Waals surface area (Å²) in [4.78, 5) is 21.1. The zero-order valence-corrected chi connectivity index (χ0v) is 14.6. The molecule has 3 heterocycles. The molecule has 3 rings (SSSR count). The molecule has 0 spiro atoms. The Morgan fingerprint density at radius 1 is 1.29 bits per heavy atom. The predicted molar refractivity (Wildman–Crippen MR) is 91.7 cm³/mol. The van der Waals surface area contributed by atoms with Crippen molar-refractivity contribution in [2.75, 3.05) is 39.3 Å². The Kier molecular flexibility index (Phi) is 6.09. The van der Waals surface area contributed by atoms with Gasteiger partial charge in [-0.1, -0.05) is 6.42 Å². The predicted octanol–water partition coefficient (Wildman–Crippen LogP) is 1.21. The van der Waals surface area contributed by atoms with Crippen LogP contribution in [0.2, 0.25) is 0 Å². The van der Waals surface area contributed by atoms with E-state index in [1.165, 1.54) is 19.3 Å². The lowest BCUT2D eigenvalue weighted by atomic mass is 10.1. The second-order valence-electron chi connectivity index (χ2n) is 6.77. The molecule has 2 amide bonds. The van der Waals surface area contributed by atoms with Gasteiger partial charge < -0.3 is 24.4 Å². The Labute approximate surface area is 144 Å². The van der Waals surface area contributed by atoms with Gasteiger partial charge in [-0.3, -0.25) is 0 Å². The third kappa shape index (κ3) is 4.70. The summed E-state index contributed by atoms with van der Waals surface area (Å²) in [6, 6.07) is -0.0212. The molecule has 0 unspecified atom stereocenters. The van der Waals surface area contributed by atoms with Crippen LogP contribution in [-0.2, 0) is 18.3 Å². The van der Waals surface area contributed by atoms with Crippen molar-refractivity contribution in [3.8, 4) is 0 Å². The number of nitrogens with one attached hydrogen (secondary N) is 1. The van der Waals surface area contributed by atoms with E-state index in [2.05, 4.69) is 15.2 Å².